The van der Waals surface area contributed by atoms with Crippen molar-refractivity contribution in [3.05, 3.63) is 63.6 Å². The highest BCUT2D eigenvalue weighted by Gasteiger charge is 2.55. The molecule has 5 rings (SSSR count). The second-order valence-corrected chi connectivity index (χ2v) is 10.3. The second kappa shape index (κ2) is 8.81. The van der Waals surface area contributed by atoms with E-state index in [0.29, 0.717) is 23.1 Å². The van der Waals surface area contributed by atoms with Gasteiger partial charge in [-0.25, -0.2) is 8.78 Å². The van der Waals surface area contributed by atoms with E-state index in [2.05, 4.69) is 15.5 Å². The summed E-state index contributed by atoms with van der Waals surface area (Å²) in [6.07, 6.45) is -4.85. The molecule has 6 nitrogen and oxygen atoms in total. The van der Waals surface area contributed by atoms with Crippen molar-refractivity contribution < 1.29 is 27.1 Å². The molecule has 11 heteroatoms. The molecule has 1 aromatic carbocycles. The highest BCUT2D eigenvalue weighted by Crippen LogP contribution is 2.48. The first-order chi connectivity index (χ1) is 16.8. The van der Waals surface area contributed by atoms with E-state index in [1.807, 2.05) is 7.05 Å². The number of nitrogens with one attached hydrogen (secondary N) is 2. The maximum atomic E-state index is 14.1. The Bertz CT molecular complexity index is 1190. The molecule has 2 heterocycles. The molecule has 0 radical (unpaired) electrons. The maximum Gasteiger partial charge on any atom is 0.416 e. The molecule has 3 aliphatic rings. The molecule has 2 saturated carbocycles. The van der Waals surface area contributed by atoms with Crippen molar-refractivity contribution in [3.63, 3.8) is 0 Å². The Morgan fingerprint density at radius 1 is 1.17 bits per heavy atom. The normalized spacial score (nSPS) is 28.8. The molecule has 2 aromatic rings. The molecule has 0 spiro atoms. The lowest BCUT2D eigenvalue weighted by atomic mass is 9.87. The number of alkyl halides is 5. The number of benzene rings is 1. The SMILES string of the molecule is C[C@@H](NC(O)c1cn([C@H]2CCC2(F)F)c(=O)cc1NC1[C@H]2CN(C)C[C@@H]12)c1cccc(C(F)(F)F)c1. The fourth-order valence-electron chi connectivity index (χ4n) is 5.52. The van der Waals surface area contributed by atoms with Gasteiger partial charge in [0.05, 0.1) is 5.56 Å². The molecule has 196 valence electrons. The highest BCUT2D eigenvalue weighted by molar-refractivity contribution is 5.53. The molecule has 1 aliphatic heterocycles. The lowest BCUT2D eigenvalue weighted by Gasteiger charge is -2.38. The molecule has 2 unspecified atom stereocenters. The first-order valence-electron chi connectivity index (χ1n) is 12.1. The van der Waals surface area contributed by atoms with E-state index in [9.17, 15) is 31.9 Å². The number of anilines is 1. The van der Waals surface area contributed by atoms with Gasteiger partial charge in [0, 0.05) is 55.1 Å². The number of aliphatic hydroxyl groups is 1. The van der Waals surface area contributed by atoms with Gasteiger partial charge in [0.25, 0.3) is 11.5 Å². The number of nitrogens with zero attached hydrogens (tertiary/aromatic N) is 2. The predicted octanol–water partition coefficient (Wildman–Crippen LogP) is 4.15. The molecular formula is C25H29F5N4O2. The quantitative estimate of drug-likeness (QED) is 0.384. The van der Waals surface area contributed by atoms with Gasteiger partial charge in [-0.15, -0.1) is 0 Å². The largest absolute Gasteiger partial charge is 0.416 e. The van der Waals surface area contributed by atoms with E-state index in [-0.39, 0.29) is 24.4 Å². The van der Waals surface area contributed by atoms with E-state index in [0.717, 1.165) is 29.8 Å². The summed E-state index contributed by atoms with van der Waals surface area (Å²) in [5, 5.41) is 17.3. The number of halogens is 5. The van der Waals surface area contributed by atoms with Crippen molar-refractivity contribution in [2.45, 2.75) is 56.2 Å². The third-order valence-corrected chi connectivity index (χ3v) is 7.80. The zero-order valence-electron chi connectivity index (χ0n) is 19.9. The Balaban J connectivity index is 1.42. The Morgan fingerprint density at radius 3 is 2.44 bits per heavy atom. The minimum atomic E-state index is -4.51. The molecule has 0 amide bonds. The number of piperidine rings is 1. The fraction of sp³-hybridized carbons (Fsp3) is 0.560. The van der Waals surface area contributed by atoms with Gasteiger partial charge in [0.2, 0.25) is 0 Å². The smallest absolute Gasteiger partial charge is 0.381 e. The number of likely N-dealkylation sites (tertiary alicyclic amines) is 1. The van der Waals surface area contributed by atoms with Crippen LogP contribution in [0.1, 0.15) is 54.8 Å². The molecular weight excluding hydrogens is 483 g/mol. The standard InChI is InChI=1S/C25H29F5N4O2/c1-13(14-4-3-5-15(8-14)25(28,29)30)31-23(36)18-12-34(20-6-7-24(20,26)27)21(35)9-19(18)32-22-16-10-33(2)11-17(16)22/h3-5,8-9,12-13,16-17,20,22-23,31-32,36H,6-7,10-11H2,1-2H3/t13-,16-,17+,20+,22?,23?/m1/s1. The van der Waals surface area contributed by atoms with E-state index >= 15 is 0 Å². The summed E-state index contributed by atoms with van der Waals surface area (Å²) in [4.78, 5) is 15.0. The third-order valence-electron chi connectivity index (χ3n) is 7.80. The van der Waals surface area contributed by atoms with E-state index in [4.69, 9.17) is 0 Å². The summed E-state index contributed by atoms with van der Waals surface area (Å²) in [6, 6.07) is 4.12. The topological polar surface area (TPSA) is 69.5 Å². The fourth-order valence-corrected chi connectivity index (χ4v) is 5.52. The van der Waals surface area contributed by atoms with Gasteiger partial charge in [0.1, 0.15) is 12.3 Å². The Labute approximate surface area is 205 Å². The summed E-state index contributed by atoms with van der Waals surface area (Å²) < 4.78 is 68.7. The molecule has 1 saturated heterocycles. The van der Waals surface area contributed by atoms with Crippen LogP contribution in [0.5, 0.6) is 0 Å². The van der Waals surface area contributed by atoms with Gasteiger partial charge < -0.3 is 19.9 Å². The average Bonchev–Trinajstić information content (AvgIpc) is 3.24. The monoisotopic (exact) mass is 512 g/mol. The number of aliphatic hydroxyl groups excluding tert-OH is 1. The van der Waals surface area contributed by atoms with Gasteiger partial charge >= 0.3 is 6.18 Å². The summed E-state index contributed by atoms with van der Waals surface area (Å²) >= 11 is 0. The number of fused-ring (bicyclic) bond motifs is 1. The van der Waals surface area contributed by atoms with Crippen LogP contribution in [0, 0.1) is 11.8 Å². The second-order valence-electron chi connectivity index (χ2n) is 10.3. The Kier molecular flexibility index (Phi) is 6.16. The lowest BCUT2D eigenvalue weighted by molar-refractivity contribution is -0.137. The average molecular weight is 513 g/mol. The van der Waals surface area contributed by atoms with Crippen molar-refractivity contribution in [1.29, 1.82) is 0 Å². The number of hydrogen-bond donors (Lipinski definition) is 3. The zero-order valence-corrected chi connectivity index (χ0v) is 19.9. The molecule has 6 atom stereocenters. The van der Waals surface area contributed by atoms with Gasteiger partial charge in [-0.3, -0.25) is 10.1 Å². The third kappa shape index (κ3) is 4.64. The van der Waals surface area contributed by atoms with Crippen LogP contribution in [0.2, 0.25) is 0 Å². The predicted molar refractivity (Wildman–Crippen MR) is 124 cm³/mol. The number of hydrogen-bond acceptors (Lipinski definition) is 5. The molecule has 3 N–H and O–H groups in total. The van der Waals surface area contributed by atoms with Crippen molar-refractivity contribution in [2.24, 2.45) is 11.8 Å². The summed E-state index contributed by atoms with van der Waals surface area (Å²) in [5.41, 5.74) is -0.549. The van der Waals surface area contributed by atoms with Gasteiger partial charge in [-0.2, -0.15) is 13.2 Å². The zero-order chi connectivity index (χ0) is 26.0. The van der Waals surface area contributed by atoms with Gasteiger partial charge in [0.15, 0.2) is 0 Å². The van der Waals surface area contributed by atoms with Crippen molar-refractivity contribution >= 4 is 5.69 Å². The minimum Gasteiger partial charge on any atom is -0.381 e. The molecule has 2 aliphatic carbocycles. The Hall–Kier alpha value is -2.50. The maximum absolute atomic E-state index is 14.1. The van der Waals surface area contributed by atoms with E-state index in [1.165, 1.54) is 24.4 Å². The van der Waals surface area contributed by atoms with Crippen LogP contribution in [-0.4, -0.2) is 46.7 Å². The van der Waals surface area contributed by atoms with Crippen LogP contribution < -0.4 is 16.2 Å². The van der Waals surface area contributed by atoms with Gasteiger partial charge in [-0.1, -0.05) is 12.1 Å². The molecule has 1 aromatic heterocycles. The van der Waals surface area contributed by atoms with Crippen LogP contribution >= 0.6 is 0 Å². The Morgan fingerprint density at radius 2 is 1.86 bits per heavy atom. The van der Waals surface area contributed by atoms with E-state index < -0.39 is 41.5 Å². The van der Waals surface area contributed by atoms with E-state index in [1.54, 1.807) is 6.92 Å². The number of aromatic nitrogens is 1. The number of pyridine rings is 1. The molecule has 3 fully saturated rings. The first kappa shape index (κ1) is 25.2. The van der Waals surface area contributed by atoms with Gasteiger partial charge in [-0.05, 0) is 49.9 Å². The minimum absolute atomic E-state index is 0.105. The van der Waals surface area contributed by atoms with Crippen LogP contribution in [0.15, 0.2) is 41.3 Å². The van der Waals surface area contributed by atoms with Crippen LogP contribution in [0.3, 0.4) is 0 Å². The van der Waals surface area contributed by atoms with Crippen LogP contribution in [0.25, 0.3) is 0 Å². The summed E-state index contributed by atoms with van der Waals surface area (Å²) in [6.45, 7) is 3.40. The molecule has 36 heavy (non-hydrogen) atoms. The van der Waals surface area contributed by atoms with Crippen LogP contribution in [0.4, 0.5) is 27.6 Å². The number of rotatable bonds is 7. The van der Waals surface area contributed by atoms with Crippen molar-refractivity contribution in [3.8, 4) is 0 Å². The summed E-state index contributed by atoms with van der Waals surface area (Å²) in [5.74, 6) is -2.22. The summed E-state index contributed by atoms with van der Waals surface area (Å²) in [7, 11) is 2.03. The first-order valence-corrected chi connectivity index (χ1v) is 12.1. The molecule has 0 bridgehead atoms. The van der Waals surface area contributed by atoms with Crippen molar-refractivity contribution in [1.82, 2.24) is 14.8 Å². The van der Waals surface area contributed by atoms with Crippen molar-refractivity contribution in [2.75, 3.05) is 25.5 Å². The van der Waals surface area contributed by atoms with Crippen LogP contribution in [-0.2, 0) is 6.18 Å². The lowest BCUT2D eigenvalue weighted by Crippen LogP contribution is -2.44. The highest BCUT2D eigenvalue weighted by atomic mass is 19.4.